The van der Waals surface area contributed by atoms with Crippen molar-refractivity contribution in [1.29, 1.82) is 0 Å². The summed E-state index contributed by atoms with van der Waals surface area (Å²) in [5, 5.41) is 5.71. The van der Waals surface area contributed by atoms with Gasteiger partial charge < -0.3 is 10.6 Å². The van der Waals surface area contributed by atoms with Gasteiger partial charge in [0.15, 0.2) is 23.3 Å². The molecule has 1 aliphatic carbocycles. The first-order valence-electron chi connectivity index (χ1n) is 5.88. The van der Waals surface area contributed by atoms with Gasteiger partial charge in [0, 0.05) is 19.2 Å². The third-order valence-electron chi connectivity index (χ3n) is 3.06. The van der Waals surface area contributed by atoms with E-state index in [1.54, 1.807) is 0 Å². The smallest absolute Gasteiger partial charge is 0.168 e. The van der Waals surface area contributed by atoms with Crippen LogP contribution in [-0.4, -0.2) is 18.1 Å². The Morgan fingerprint density at radius 1 is 1.24 bits per heavy atom. The molecule has 2 rings (SSSR count). The van der Waals surface area contributed by atoms with Crippen LogP contribution in [0, 0.1) is 17.0 Å². The molecular weight excluding hydrogens is 224 g/mol. The monoisotopic (exact) mass is 241 g/mol. The van der Waals surface area contributed by atoms with Gasteiger partial charge in [0.1, 0.15) is 0 Å². The lowest BCUT2D eigenvalue weighted by Gasteiger charge is -2.13. The van der Waals surface area contributed by atoms with Crippen molar-refractivity contribution in [2.75, 3.05) is 23.7 Å². The van der Waals surface area contributed by atoms with Gasteiger partial charge in [-0.05, 0) is 25.2 Å². The van der Waals surface area contributed by atoms with Crippen LogP contribution in [0.3, 0.4) is 0 Å². The van der Waals surface area contributed by atoms with E-state index in [4.69, 9.17) is 0 Å². The molecule has 0 aliphatic heterocycles. The molecule has 1 aliphatic rings. The summed E-state index contributed by atoms with van der Waals surface area (Å²) in [6, 6.07) is 0.864. The van der Waals surface area contributed by atoms with Crippen LogP contribution in [0.25, 0.3) is 0 Å². The number of nitrogens with zero attached hydrogens (tertiary/aromatic N) is 1. The first-order chi connectivity index (χ1) is 8.04. The minimum Gasteiger partial charge on any atom is -0.368 e. The third-order valence-corrected chi connectivity index (χ3v) is 3.06. The first kappa shape index (κ1) is 12.1. The highest BCUT2D eigenvalue weighted by Crippen LogP contribution is 2.44. The van der Waals surface area contributed by atoms with Crippen LogP contribution in [0.15, 0.2) is 6.07 Å². The van der Waals surface area contributed by atoms with Crippen LogP contribution in [0.2, 0.25) is 0 Å². The second kappa shape index (κ2) is 4.47. The summed E-state index contributed by atoms with van der Waals surface area (Å²) in [7, 11) is 0. The number of pyridine rings is 1. The van der Waals surface area contributed by atoms with Crippen molar-refractivity contribution in [1.82, 2.24) is 4.98 Å². The van der Waals surface area contributed by atoms with Crippen molar-refractivity contribution in [3.05, 3.63) is 17.7 Å². The van der Waals surface area contributed by atoms with Gasteiger partial charge in [-0.2, -0.15) is 0 Å². The predicted octanol–water partition coefficient (Wildman–Crippen LogP) is 3.00. The van der Waals surface area contributed by atoms with E-state index in [0.717, 1.165) is 18.9 Å². The molecule has 2 N–H and O–H groups in total. The average Bonchev–Trinajstić information content (AvgIpc) is 3.00. The Morgan fingerprint density at radius 2 is 1.82 bits per heavy atom. The molecule has 0 bridgehead atoms. The quantitative estimate of drug-likeness (QED) is 0.832. The summed E-state index contributed by atoms with van der Waals surface area (Å²) < 4.78 is 26.8. The molecule has 0 saturated heterocycles. The van der Waals surface area contributed by atoms with Crippen LogP contribution in [0.4, 0.5) is 20.4 Å². The van der Waals surface area contributed by atoms with E-state index in [1.165, 1.54) is 0 Å². The lowest BCUT2D eigenvalue weighted by molar-refractivity contribution is 0.569. The van der Waals surface area contributed by atoms with Crippen molar-refractivity contribution in [2.45, 2.75) is 26.7 Å². The van der Waals surface area contributed by atoms with Gasteiger partial charge >= 0.3 is 0 Å². The molecule has 1 saturated carbocycles. The van der Waals surface area contributed by atoms with E-state index < -0.39 is 11.6 Å². The van der Waals surface area contributed by atoms with Crippen LogP contribution in [-0.2, 0) is 0 Å². The zero-order valence-electron chi connectivity index (χ0n) is 10.1. The van der Waals surface area contributed by atoms with Crippen molar-refractivity contribution >= 4 is 11.6 Å². The molecule has 0 amide bonds. The molecular formula is C12H17F2N3. The third kappa shape index (κ3) is 2.84. The lowest BCUT2D eigenvalue weighted by atomic mass is 10.1. The largest absolute Gasteiger partial charge is 0.368 e. The maximum atomic E-state index is 13.5. The van der Waals surface area contributed by atoms with E-state index in [9.17, 15) is 8.78 Å². The van der Waals surface area contributed by atoms with Gasteiger partial charge in [-0.3, -0.25) is 0 Å². The summed E-state index contributed by atoms with van der Waals surface area (Å²) in [4.78, 5) is 3.92. The van der Waals surface area contributed by atoms with Gasteiger partial charge in [-0.25, -0.2) is 13.8 Å². The van der Waals surface area contributed by atoms with Gasteiger partial charge in [0.2, 0.25) is 0 Å². The van der Waals surface area contributed by atoms with Gasteiger partial charge in [-0.15, -0.1) is 0 Å². The van der Waals surface area contributed by atoms with E-state index in [1.807, 2.05) is 6.92 Å². The summed E-state index contributed by atoms with van der Waals surface area (Å²) in [6.45, 7) is 5.19. The number of hydrogen-bond acceptors (Lipinski definition) is 3. The van der Waals surface area contributed by atoms with Crippen LogP contribution >= 0.6 is 0 Å². The standard InChI is InChI=1S/C12H17F2N3/c1-3-15-10-8(13)6-9(14)11(17-10)16-7-12(2)4-5-12/h6H,3-5,7H2,1-2H3,(H2,15,16,17). The number of halogens is 2. The first-order valence-corrected chi connectivity index (χ1v) is 5.88. The molecule has 17 heavy (non-hydrogen) atoms. The van der Waals surface area contributed by atoms with Gasteiger partial charge in [0.25, 0.3) is 0 Å². The molecule has 1 heterocycles. The topological polar surface area (TPSA) is 37.0 Å². The van der Waals surface area contributed by atoms with Crippen molar-refractivity contribution in [3.8, 4) is 0 Å². The fourth-order valence-electron chi connectivity index (χ4n) is 1.57. The molecule has 0 radical (unpaired) electrons. The zero-order chi connectivity index (χ0) is 12.5. The average molecular weight is 241 g/mol. The molecule has 0 spiro atoms. The molecule has 3 nitrogen and oxygen atoms in total. The van der Waals surface area contributed by atoms with E-state index in [2.05, 4.69) is 22.5 Å². The minimum absolute atomic E-state index is 0.0948. The normalized spacial score (nSPS) is 16.7. The van der Waals surface area contributed by atoms with Crippen LogP contribution in [0.1, 0.15) is 26.7 Å². The second-order valence-electron chi connectivity index (χ2n) is 4.84. The van der Waals surface area contributed by atoms with E-state index in [-0.39, 0.29) is 17.1 Å². The fourth-order valence-corrected chi connectivity index (χ4v) is 1.57. The molecule has 0 unspecified atom stereocenters. The maximum absolute atomic E-state index is 13.5. The lowest BCUT2D eigenvalue weighted by Crippen LogP contribution is -2.15. The molecule has 94 valence electrons. The van der Waals surface area contributed by atoms with Crippen molar-refractivity contribution in [2.24, 2.45) is 5.41 Å². The number of hydrogen-bond donors (Lipinski definition) is 2. The van der Waals surface area contributed by atoms with E-state index in [0.29, 0.717) is 13.1 Å². The molecule has 1 aromatic rings. The summed E-state index contributed by atoms with van der Waals surface area (Å²) in [6.07, 6.45) is 2.28. The SMILES string of the molecule is CCNc1nc(NCC2(C)CC2)c(F)cc1F. The summed E-state index contributed by atoms with van der Waals surface area (Å²) >= 11 is 0. The second-order valence-corrected chi connectivity index (χ2v) is 4.84. The predicted molar refractivity (Wildman–Crippen MR) is 64.1 cm³/mol. The summed E-state index contributed by atoms with van der Waals surface area (Å²) in [5.41, 5.74) is 0.251. The number of rotatable bonds is 5. The molecule has 1 fully saturated rings. The zero-order valence-corrected chi connectivity index (χ0v) is 10.1. The number of aromatic nitrogens is 1. The Labute approximate surface area is 99.6 Å². The summed E-state index contributed by atoms with van der Waals surface area (Å²) in [5.74, 6) is -1.09. The molecule has 0 aromatic carbocycles. The highest BCUT2D eigenvalue weighted by atomic mass is 19.1. The highest BCUT2D eigenvalue weighted by molar-refractivity contribution is 5.47. The molecule has 5 heteroatoms. The number of anilines is 2. The van der Waals surface area contributed by atoms with E-state index >= 15 is 0 Å². The van der Waals surface area contributed by atoms with Crippen LogP contribution in [0.5, 0.6) is 0 Å². The Hall–Kier alpha value is -1.39. The highest BCUT2D eigenvalue weighted by Gasteiger charge is 2.37. The fraction of sp³-hybridized carbons (Fsp3) is 0.583. The maximum Gasteiger partial charge on any atom is 0.168 e. The Kier molecular flexibility index (Phi) is 3.17. The van der Waals surface area contributed by atoms with Gasteiger partial charge in [0.05, 0.1) is 0 Å². The minimum atomic E-state index is -0.660. The Morgan fingerprint density at radius 3 is 2.35 bits per heavy atom. The van der Waals surface area contributed by atoms with Crippen molar-refractivity contribution < 1.29 is 8.78 Å². The molecule has 1 aromatic heterocycles. The van der Waals surface area contributed by atoms with Crippen molar-refractivity contribution in [3.63, 3.8) is 0 Å². The Bertz CT molecular complexity index is 416. The number of nitrogens with one attached hydrogen (secondary N) is 2. The molecule has 0 atom stereocenters. The van der Waals surface area contributed by atoms with Crippen LogP contribution < -0.4 is 10.6 Å². The van der Waals surface area contributed by atoms with Gasteiger partial charge in [-0.1, -0.05) is 6.92 Å². The Balaban J connectivity index is 2.11.